The van der Waals surface area contributed by atoms with Gasteiger partial charge >= 0.3 is 0 Å². The van der Waals surface area contributed by atoms with E-state index in [9.17, 15) is 4.79 Å². The van der Waals surface area contributed by atoms with Gasteiger partial charge in [-0.2, -0.15) is 0 Å². The molecule has 0 atom stereocenters. The lowest BCUT2D eigenvalue weighted by molar-refractivity contribution is -0.111. The SMILES string of the molecule is COc1ccc(/C=C/C(=O)Nc2nnc(-c3ccc(Cl)cc3)s2)cc1OC. The van der Waals surface area contributed by atoms with Gasteiger partial charge in [0.2, 0.25) is 11.0 Å². The van der Waals surface area contributed by atoms with E-state index < -0.39 is 0 Å². The molecule has 1 amide bonds. The molecule has 27 heavy (non-hydrogen) atoms. The van der Waals surface area contributed by atoms with Crippen molar-refractivity contribution in [3.05, 3.63) is 59.1 Å². The summed E-state index contributed by atoms with van der Waals surface area (Å²) in [5.74, 6) is 0.920. The Morgan fingerprint density at radius 2 is 1.81 bits per heavy atom. The number of anilines is 1. The van der Waals surface area contributed by atoms with E-state index in [1.165, 1.54) is 17.4 Å². The lowest BCUT2D eigenvalue weighted by atomic mass is 10.2. The summed E-state index contributed by atoms with van der Waals surface area (Å²) in [6.07, 6.45) is 3.10. The number of ether oxygens (including phenoxy) is 2. The second kappa shape index (κ2) is 8.66. The van der Waals surface area contributed by atoms with Gasteiger partial charge in [0, 0.05) is 16.7 Å². The van der Waals surface area contributed by atoms with Crippen LogP contribution in [0.25, 0.3) is 16.6 Å². The van der Waals surface area contributed by atoms with Crippen LogP contribution >= 0.6 is 22.9 Å². The summed E-state index contributed by atoms with van der Waals surface area (Å²) < 4.78 is 10.4. The van der Waals surface area contributed by atoms with Crippen LogP contribution < -0.4 is 14.8 Å². The zero-order valence-corrected chi connectivity index (χ0v) is 16.2. The smallest absolute Gasteiger partial charge is 0.250 e. The molecule has 0 aliphatic rings. The van der Waals surface area contributed by atoms with Crippen LogP contribution in [-0.4, -0.2) is 30.3 Å². The Kier molecular flexibility index (Phi) is 6.05. The average molecular weight is 402 g/mol. The third-order valence-corrected chi connectivity index (χ3v) is 4.72. The van der Waals surface area contributed by atoms with Crippen LogP contribution in [0.2, 0.25) is 5.02 Å². The van der Waals surface area contributed by atoms with Crippen molar-refractivity contribution in [2.75, 3.05) is 19.5 Å². The van der Waals surface area contributed by atoms with Gasteiger partial charge < -0.3 is 9.47 Å². The van der Waals surface area contributed by atoms with Gasteiger partial charge in [0.1, 0.15) is 5.01 Å². The monoisotopic (exact) mass is 401 g/mol. The lowest BCUT2D eigenvalue weighted by Crippen LogP contribution is -2.07. The van der Waals surface area contributed by atoms with Gasteiger partial charge in [-0.25, -0.2) is 0 Å². The van der Waals surface area contributed by atoms with Crippen LogP contribution in [0.1, 0.15) is 5.56 Å². The molecular formula is C19H16ClN3O3S. The van der Waals surface area contributed by atoms with Crippen LogP contribution in [0.3, 0.4) is 0 Å². The van der Waals surface area contributed by atoms with Crippen molar-refractivity contribution in [3.8, 4) is 22.1 Å². The Balaban J connectivity index is 1.66. The van der Waals surface area contributed by atoms with Crippen LogP contribution in [0.4, 0.5) is 5.13 Å². The summed E-state index contributed by atoms with van der Waals surface area (Å²) in [4.78, 5) is 12.1. The molecule has 0 spiro atoms. The van der Waals surface area contributed by atoms with Gasteiger partial charge in [-0.05, 0) is 35.9 Å². The predicted octanol–water partition coefficient (Wildman–Crippen LogP) is 4.53. The van der Waals surface area contributed by atoms with Crippen molar-refractivity contribution >= 4 is 40.1 Å². The van der Waals surface area contributed by atoms with Crippen LogP contribution in [0.5, 0.6) is 11.5 Å². The number of carbonyl (C=O) groups excluding carboxylic acids is 1. The molecule has 0 saturated heterocycles. The Morgan fingerprint density at radius 1 is 1.07 bits per heavy atom. The average Bonchev–Trinajstić information content (AvgIpc) is 3.15. The highest BCUT2D eigenvalue weighted by Gasteiger charge is 2.08. The number of carbonyl (C=O) groups is 1. The summed E-state index contributed by atoms with van der Waals surface area (Å²) in [5, 5.41) is 12.5. The molecule has 138 valence electrons. The number of nitrogens with zero attached hydrogens (tertiary/aromatic N) is 2. The van der Waals surface area contributed by atoms with Crippen molar-refractivity contribution in [2.24, 2.45) is 0 Å². The summed E-state index contributed by atoms with van der Waals surface area (Å²) in [6.45, 7) is 0. The zero-order chi connectivity index (χ0) is 19.2. The van der Waals surface area contributed by atoms with Gasteiger partial charge in [-0.1, -0.05) is 41.1 Å². The number of hydrogen-bond donors (Lipinski definition) is 1. The van der Waals surface area contributed by atoms with E-state index >= 15 is 0 Å². The molecule has 1 heterocycles. The highest BCUT2D eigenvalue weighted by atomic mass is 35.5. The second-order valence-corrected chi connectivity index (χ2v) is 6.77. The number of amides is 1. The lowest BCUT2D eigenvalue weighted by Gasteiger charge is -2.07. The molecule has 0 radical (unpaired) electrons. The third kappa shape index (κ3) is 4.84. The zero-order valence-electron chi connectivity index (χ0n) is 14.6. The minimum Gasteiger partial charge on any atom is -0.493 e. The predicted molar refractivity (Wildman–Crippen MR) is 108 cm³/mol. The maximum Gasteiger partial charge on any atom is 0.250 e. The van der Waals surface area contributed by atoms with Gasteiger partial charge in [0.15, 0.2) is 11.5 Å². The number of nitrogens with one attached hydrogen (secondary N) is 1. The van der Waals surface area contributed by atoms with E-state index in [1.807, 2.05) is 18.2 Å². The first-order valence-corrected chi connectivity index (χ1v) is 9.09. The van der Waals surface area contributed by atoms with Crippen molar-refractivity contribution in [3.63, 3.8) is 0 Å². The maximum atomic E-state index is 12.1. The van der Waals surface area contributed by atoms with Crippen molar-refractivity contribution in [1.82, 2.24) is 10.2 Å². The first-order chi connectivity index (χ1) is 13.1. The molecule has 0 aliphatic heterocycles. The molecule has 2 aromatic carbocycles. The van der Waals surface area contributed by atoms with Gasteiger partial charge in [0.25, 0.3) is 0 Å². The normalized spacial score (nSPS) is 10.8. The van der Waals surface area contributed by atoms with E-state index in [0.29, 0.717) is 26.7 Å². The Hall–Kier alpha value is -2.90. The quantitative estimate of drug-likeness (QED) is 0.614. The van der Waals surface area contributed by atoms with Gasteiger partial charge in [-0.3, -0.25) is 10.1 Å². The topological polar surface area (TPSA) is 73.3 Å². The fourth-order valence-electron chi connectivity index (χ4n) is 2.26. The molecule has 1 aromatic heterocycles. The van der Waals surface area contributed by atoms with Gasteiger partial charge in [-0.15, -0.1) is 10.2 Å². The van der Waals surface area contributed by atoms with E-state index in [2.05, 4.69) is 15.5 Å². The number of methoxy groups -OCH3 is 2. The minimum atomic E-state index is -0.302. The number of aromatic nitrogens is 2. The summed E-state index contributed by atoms with van der Waals surface area (Å²) in [5.41, 5.74) is 1.69. The van der Waals surface area contributed by atoms with Crippen LogP contribution in [0.15, 0.2) is 48.5 Å². The largest absolute Gasteiger partial charge is 0.493 e. The Labute approximate surface area is 165 Å². The highest BCUT2D eigenvalue weighted by Crippen LogP contribution is 2.29. The molecule has 0 saturated carbocycles. The Bertz CT molecular complexity index is 971. The first-order valence-electron chi connectivity index (χ1n) is 7.89. The summed E-state index contributed by atoms with van der Waals surface area (Å²) >= 11 is 7.17. The third-order valence-electron chi connectivity index (χ3n) is 3.58. The summed E-state index contributed by atoms with van der Waals surface area (Å²) in [7, 11) is 3.13. The molecular weight excluding hydrogens is 386 g/mol. The molecule has 1 N–H and O–H groups in total. The maximum absolute atomic E-state index is 12.1. The second-order valence-electron chi connectivity index (χ2n) is 5.36. The molecule has 8 heteroatoms. The molecule has 0 unspecified atom stereocenters. The highest BCUT2D eigenvalue weighted by molar-refractivity contribution is 7.18. The Morgan fingerprint density at radius 3 is 2.52 bits per heavy atom. The summed E-state index contributed by atoms with van der Waals surface area (Å²) in [6, 6.07) is 12.7. The standard InChI is InChI=1S/C19H16ClN3O3S/c1-25-15-9-3-12(11-16(15)26-2)4-10-17(24)21-19-23-22-18(27-19)13-5-7-14(20)8-6-13/h3-11H,1-2H3,(H,21,23,24)/b10-4+. The fraction of sp³-hybridized carbons (Fsp3) is 0.105. The number of rotatable bonds is 6. The molecule has 0 aliphatic carbocycles. The van der Waals surface area contributed by atoms with Crippen molar-refractivity contribution in [1.29, 1.82) is 0 Å². The van der Waals surface area contributed by atoms with Gasteiger partial charge in [0.05, 0.1) is 14.2 Å². The van der Waals surface area contributed by atoms with E-state index in [-0.39, 0.29) is 5.91 Å². The molecule has 0 fully saturated rings. The van der Waals surface area contributed by atoms with Crippen LogP contribution in [0, 0.1) is 0 Å². The number of halogens is 1. The van der Waals surface area contributed by atoms with E-state index in [1.54, 1.807) is 44.6 Å². The van der Waals surface area contributed by atoms with Crippen LogP contribution in [-0.2, 0) is 4.79 Å². The first kappa shape index (κ1) is 18.9. The number of hydrogen-bond acceptors (Lipinski definition) is 6. The fourth-order valence-corrected chi connectivity index (χ4v) is 3.14. The van der Waals surface area contributed by atoms with Crippen molar-refractivity contribution < 1.29 is 14.3 Å². The molecule has 0 bridgehead atoms. The molecule has 3 aromatic rings. The van der Waals surface area contributed by atoms with E-state index in [4.69, 9.17) is 21.1 Å². The van der Waals surface area contributed by atoms with Crippen molar-refractivity contribution in [2.45, 2.75) is 0 Å². The number of benzene rings is 2. The van der Waals surface area contributed by atoms with E-state index in [0.717, 1.165) is 11.1 Å². The molecule has 6 nitrogen and oxygen atoms in total. The minimum absolute atomic E-state index is 0.302. The molecule has 3 rings (SSSR count).